The molecule has 3 rings (SSSR count). The van der Waals surface area contributed by atoms with Crippen LogP contribution in [0.2, 0.25) is 5.02 Å². The average molecular weight is 416 g/mol. The SMILES string of the molecule is C[C@@H](Sc1c(Cl)ccc2c1CCNCC2)c1ccc(C(=O)CC(C)(C)C)cc1. The molecule has 2 aromatic rings. The fourth-order valence-corrected chi connectivity index (χ4v) is 5.12. The standard InChI is InChI=1S/C24H30ClNOS/c1-16(17-5-7-19(8-6-17)22(27)15-24(2,3)4)28-23-20-12-14-26-13-11-18(20)9-10-21(23)25/h5-10,16,26H,11-15H2,1-4H3/t16-/m1/s1. The van der Waals surface area contributed by atoms with Gasteiger partial charge in [-0.15, -0.1) is 11.8 Å². The van der Waals surface area contributed by atoms with Crippen LogP contribution >= 0.6 is 23.4 Å². The van der Waals surface area contributed by atoms with Crippen LogP contribution in [0, 0.1) is 5.41 Å². The second-order valence-electron chi connectivity index (χ2n) is 8.81. The number of rotatable bonds is 5. The number of fused-ring (bicyclic) bond motifs is 1. The number of halogens is 1. The first kappa shape index (κ1) is 21.4. The van der Waals surface area contributed by atoms with E-state index in [0.717, 1.165) is 36.5 Å². The third-order valence-corrected chi connectivity index (χ3v) is 6.87. The van der Waals surface area contributed by atoms with E-state index in [1.54, 1.807) is 0 Å². The molecule has 2 aromatic carbocycles. The van der Waals surface area contributed by atoms with Gasteiger partial charge in [-0.2, -0.15) is 0 Å². The van der Waals surface area contributed by atoms with Gasteiger partial charge in [-0.3, -0.25) is 4.79 Å². The summed E-state index contributed by atoms with van der Waals surface area (Å²) in [5.41, 5.74) is 4.83. The van der Waals surface area contributed by atoms with Crippen molar-refractivity contribution in [3.8, 4) is 0 Å². The lowest BCUT2D eigenvalue weighted by atomic mass is 9.88. The maximum absolute atomic E-state index is 12.4. The molecule has 150 valence electrons. The van der Waals surface area contributed by atoms with E-state index in [-0.39, 0.29) is 16.4 Å². The van der Waals surface area contributed by atoms with Gasteiger partial charge in [-0.05, 0) is 61.0 Å². The highest BCUT2D eigenvalue weighted by Gasteiger charge is 2.20. The maximum atomic E-state index is 12.4. The first-order valence-corrected chi connectivity index (χ1v) is 11.3. The predicted octanol–water partition coefficient (Wildman–Crippen LogP) is 6.50. The van der Waals surface area contributed by atoms with Crippen LogP contribution < -0.4 is 5.32 Å². The molecule has 2 nitrogen and oxygen atoms in total. The molecule has 0 saturated heterocycles. The van der Waals surface area contributed by atoms with E-state index in [9.17, 15) is 4.79 Å². The zero-order valence-electron chi connectivity index (χ0n) is 17.3. The van der Waals surface area contributed by atoms with Gasteiger partial charge in [-0.25, -0.2) is 0 Å². The Hall–Kier alpha value is -1.29. The van der Waals surface area contributed by atoms with Gasteiger partial charge in [0.05, 0.1) is 5.02 Å². The number of thioether (sulfide) groups is 1. The molecule has 1 heterocycles. The minimum Gasteiger partial charge on any atom is -0.316 e. The summed E-state index contributed by atoms with van der Waals surface area (Å²) in [5.74, 6) is 0.211. The van der Waals surface area contributed by atoms with Crippen LogP contribution in [0.25, 0.3) is 0 Å². The molecule has 0 aliphatic carbocycles. The molecule has 0 fully saturated rings. The van der Waals surface area contributed by atoms with Gasteiger partial charge in [-0.1, -0.05) is 62.7 Å². The lowest BCUT2D eigenvalue weighted by Crippen LogP contribution is -2.16. The molecule has 1 N–H and O–H groups in total. The molecular formula is C24H30ClNOS. The molecular weight excluding hydrogens is 386 g/mol. The summed E-state index contributed by atoms with van der Waals surface area (Å²) in [6, 6.07) is 12.3. The van der Waals surface area contributed by atoms with Crippen LogP contribution in [0.3, 0.4) is 0 Å². The topological polar surface area (TPSA) is 29.1 Å². The largest absolute Gasteiger partial charge is 0.316 e. The van der Waals surface area contributed by atoms with Crippen LogP contribution in [0.1, 0.15) is 66.4 Å². The van der Waals surface area contributed by atoms with E-state index in [1.165, 1.54) is 21.6 Å². The quantitative estimate of drug-likeness (QED) is 0.446. The summed E-state index contributed by atoms with van der Waals surface area (Å²) in [7, 11) is 0. The smallest absolute Gasteiger partial charge is 0.163 e. The minimum absolute atomic E-state index is 0.00954. The van der Waals surface area contributed by atoms with Crippen LogP contribution in [-0.2, 0) is 12.8 Å². The third-order valence-electron chi connectivity index (χ3n) is 5.12. The van der Waals surface area contributed by atoms with Crippen LogP contribution in [0.15, 0.2) is 41.3 Å². The molecule has 0 radical (unpaired) electrons. The summed E-state index contributed by atoms with van der Waals surface area (Å²) < 4.78 is 0. The highest BCUT2D eigenvalue weighted by Crippen LogP contribution is 2.42. The number of carbonyl (C=O) groups excluding carboxylic acids is 1. The van der Waals surface area contributed by atoms with Gasteiger partial charge in [0.25, 0.3) is 0 Å². The van der Waals surface area contributed by atoms with E-state index in [0.29, 0.717) is 6.42 Å². The second-order valence-corrected chi connectivity index (χ2v) is 10.6. The van der Waals surface area contributed by atoms with Crippen LogP contribution in [-0.4, -0.2) is 18.9 Å². The van der Waals surface area contributed by atoms with E-state index in [2.05, 4.69) is 51.2 Å². The van der Waals surface area contributed by atoms with Crippen LogP contribution in [0.4, 0.5) is 0 Å². The fraction of sp³-hybridized carbons (Fsp3) is 0.458. The normalized spacial score (nSPS) is 15.6. The van der Waals surface area contributed by atoms with E-state index in [4.69, 9.17) is 11.6 Å². The molecule has 0 unspecified atom stereocenters. The Morgan fingerprint density at radius 2 is 1.79 bits per heavy atom. The Balaban J connectivity index is 1.77. The van der Waals surface area contributed by atoms with E-state index < -0.39 is 0 Å². The monoisotopic (exact) mass is 415 g/mol. The zero-order chi connectivity index (χ0) is 20.3. The summed E-state index contributed by atoms with van der Waals surface area (Å²) in [6.07, 6.45) is 2.64. The second kappa shape index (κ2) is 9.02. The van der Waals surface area contributed by atoms with Gasteiger partial charge >= 0.3 is 0 Å². The maximum Gasteiger partial charge on any atom is 0.163 e. The summed E-state index contributed by atoms with van der Waals surface area (Å²) in [6.45, 7) is 10.5. The Morgan fingerprint density at radius 1 is 1.11 bits per heavy atom. The number of carbonyl (C=O) groups is 1. The third kappa shape index (κ3) is 5.40. The first-order valence-electron chi connectivity index (χ1n) is 10.1. The molecule has 1 aliphatic heterocycles. The van der Waals surface area contributed by atoms with Crippen molar-refractivity contribution < 1.29 is 4.79 Å². The summed E-state index contributed by atoms with van der Waals surface area (Å²) >= 11 is 8.42. The van der Waals surface area contributed by atoms with Gasteiger partial charge in [0.15, 0.2) is 5.78 Å². The molecule has 28 heavy (non-hydrogen) atoms. The van der Waals surface area contributed by atoms with Crippen molar-refractivity contribution in [1.82, 2.24) is 5.32 Å². The number of ketones is 1. The van der Waals surface area contributed by atoms with Crippen molar-refractivity contribution in [2.45, 2.75) is 57.1 Å². The number of hydrogen-bond donors (Lipinski definition) is 1. The molecule has 0 bridgehead atoms. The summed E-state index contributed by atoms with van der Waals surface area (Å²) in [5, 5.41) is 4.59. The van der Waals surface area contributed by atoms with Gasteiger partial charge < -0.3 is 5.32 Å². The molecule has 0 spiro atoms. The molecule has 4 heteroatoms. The van der Waals surface area contributed by atoms with Crippen molar-refractivity contribution in [2.75, 3.05) is 13.1 Å². The van der Waals surface area contributed by atoms with Gasteiger partial charge in [0, 0.05) is 22.1 Å². The van der Waals surface area contributed by atoms with Crippen molar-refractivity contribution in [1.29, 1.82) is 0 Å². The lowest BCUT2D eigenvalue weighted by Gasteiger charge is -2.19. The van der Waals surface area contributed by atoms with E-state index in [1.807, 2.05) is 30.0 Å². The summed E-state index contributed by atoms with van der Waals surface area (Å²) in [4.78, 5) is 13.7. The van der Waals surface area contributed by atoms with Crippen molar-refractivity contribution >= 4 is 29.1 Å². The Bertz CT molecular complexity index is 839. The Labute approximate surface area is 178 Å². The van der Waals surface area contributed by atoms with Crippen molar-refractivity contribution in [2.24, 2.45) is 5.41 Å². The number of hydrogen-bond acceptors (Lipinski definition) is 3. The van der Waals surface area contributed by atoms with Gasteiger partial charge in [0.2, 0.25) is 0 Å². The van der Waals surface area contributed by atoms with E-state index >= 15 is 0 Å². The number of benzene rings is 2. The van der Waals surface area contributed by atoms with Crippen LogP contribution in [0.5, 0.6) is 0 Å². The molecule has 0 saturated carbocycles. The highest BCUT2D eigenvalue weighted by molar-refractivity contribution is 7.99. The van der Waals surface area contributed by atoms with Crippen molar-refractivity contribution in [3.05, 3.63) is 63.7 Å². The zero-order valence-corrected chi connectivity index (χ0v) is 18.8. The predicted molar refractivity (Wildman–Crippen MR) is 121 cm³/mol. The molecule has 0 aromatic heterocycles. The minimum atomic E-state index is 0.00954. The Kier molecular flexibility index (Phi) is 6.90. The molecule has 1 aliphatic rings. The van der Waals surface area contributed by atoms with Gasteiger partial charge in [0.1, 0.15) is 0 Å². The average Bonchev–Trinajstić information content (AvgIpc) is 2.88. The van der Waals surface area contributed by atoms with Crippen molar-refractivity contribution in [3.63, 3.8) is 0 Å². The fourth-order valence-electron chi connectivity index (χ4n) is 3.61. The first-order chi connectivity index (χ1) is 13.2. The number of nitrogens with one attached hydrogen (secondary N) is 1. The Morgan fingerprint density at radius 3 is 2.46 bits per heavy atom. The number of Topliss-reactive ketones (excluding diaryl/α,β-unsaturated/α-hetero) is 1. The molecule has 1 atom stereocenters. The highest BCUT2D eigenvalue weighted by atomic mass is 35.5. The lowest BCUT2D eigenvalue weighted by molar-refractivity contribution is 0.0940. The molecule has 0 amide bonds.